The Bertz CT molecular complexity index is 489. The number of hydrogen-bond acceptors (Lipinski definition) is 4. The monoisotopic (exact) mass is 257 g/mol. The molecule has 1 aromatic carbocycles. The molecule has 5 heteroatoms. The maximum atomic E-state index is 12.0. The zero-order valence-corrected chi connectivity index (χ0v) is 10.6. The van der Waals surface area contributed by atoms with E-state index in [-0.39, 0.29) is 24.9 Å². The first-order valence-electron chi connectivity index (χ1n) is 6.22. The van der Waals surface area contributed by atoms with Gasteiger partial charge in [0.25, 0.3) is 0 Å². The average Bonchev–Trinajstić information content (AvgIpc) is 2.43. The first kappa shape index (κ1) is 13.1. The minimum absolute atomic E-state index is 0.196. The lowest BCUT2D eigenvalue weighted by Gasteiger charge is -2.33. The molecule has 0 spiro atoms. The fourth-order valence-electron chi connectivity index (χ4n) is 2.08. The summed E-state index contributed by atoms with van der Waals surface area (Å²) in [6.07, 6.45) is 0.902. The second kappa shape index (κ2) is 6.01. The second-order valence-electron chi connectivity index (χ2n) is 4.39. The van der Waals surface area contributed by atoms with Crippen LogP contribution in [0.25, 0.3) is 0 Å². The van der Waals surface area contributed by atoms with E-state index in [2.05, 4.69) is 0 Å². The molecule has 0 aliphatic carbocycles. The van der Waals surface area contributed by atoms with E-state index in [1.165, 1.54) is 4.90 Å². The average molecular weight is 257 g/mol. The van der Waals surface area contributed by atoms with Crippen LogP contribution < -0.4 is 4.90 Å². The Labute approximate surface area is 112 Å². The van der Waals surface area contributed by atoms with Crippen molar-refractivity contribution in [3.8, 4) is 6.07 Å². The predicted molar refractivity (Wildman–Crippen MR) is 70.2 cm³/mol. The Balaban J connectivity index is 2.01. The molecule has 0 saturated carbocycles. The van der Waals surface area contributed by atoms with E-state index in [4.69, 9.17) is 5.26 Å². The zero-order valence-electron chi connectivity index (χ0n) is 10.6. The van der Waals surface area contributed by atoms with Gasteiger partial charge in [0, 0.05) is 18.7 Å². The minimum atomic E-state index is -0.196. The summed E-state index contributed by atoms with van der Waals surface area (Å²) in [4.78, 5) is 27.0. The van der Waals surface area contributed by atoms with E-state index in [0.717, 1.165) is 5.69 Å². The van der Waals surface area contributed by atoms with Crippen LogP contribution in [0.5, 0.6) is 0 Å². The normalized spacial score (nSPS) is 15.5. The summed E-state index contributed by atoms with van der Waals surface area (Å²) in [5.74, 6) is -0.393. The zero-order chi connectivity index (χ0) is 13.7. The quantitative estimate of drug-likeness (QED) is 0.600. The van der Waals surface area contributed by atoms with Gasteiger partial charge in [-0.2, -0.15) is 5.26 Å². The lowest BCUT2D eigenvalue weighted by molar-refractivity contribution is -0.145. The molecule has 1 heterocycles. The standard InChI is InChI=1S/C14H15N3O2/c15-8-4-5-9-17-13(18)10-16(11-14(17)19)12-6-2-1-3-7-12/h1-3,6-7H,4-5,9-11H2. The first-order chi connectivity index (χ1) is 9.22. The van der Waals surface area contributed by atoms with Crippen LogP contribution in [0.1, 0.15) is 12.8 Å². The number of carbonyl (C=O) groups excluding carboxylic acids is 2. The number of para-hydroxylation sites is 1. The molecule has 1 aliphatic heterocycles. The van der Waals surface area contributed by atoms with E-state index in [0.29, 0.717) is 19.4 Å². The van der Waals surface area contributed by atoms with E-state index >= 15 is 0 Å². The highest BCUT2D eigenvalue weighted by molar-refractivity contribution is 6.02. The van der Waals surface area contributed by atoms with Gasteiger partial charge in [0.05, 0.1) is 19.2 Å². The Morgan fingerprint density at radius 1 is 1.11 bits per heavy atom. The van der Waals surface area contributed by atoms with Crippen molar-refractivity contribution in [2.75, 3.05) is 24.5 Å². The van der Waals surface area contributed by atoms with Gasteiger partial charge in [0.2, 0.25) is 11.8 Å². The third-order valence-electron chi connectivity index (χ3n) is 3.05. The highest BCUT2D eigenvalue weighted by Gasteiger charge is 2.30. The molecule has 1 fully saturated rings. The molecule has 2 amide bonds. The number of rotatable bonds is 4. The lowest BCUT2D eigenvalue weighted by atomic mass is 10.2. The van der Waals surface area contributed by atoms with Crippen molar-refractivity contribution in [1.29, 1.82) is 5.26 Å². The van der Waals surface area contributed by atoms with Gasteiger partial charge in [-0.3, -0.25) is 14.5 Å². The smallest absolute Gasteiger partial charge is 0.248 e. The number of anilines is 1. The van der Waals surface area contributed by atoms with Gasteiger partial charge in [-0.1, -0.05) is 18.2 Å². The number of nitrogens with zero attached hydrogens (tertiary/aromatic N) is 3. The third-order valence-corrected chi connectivity index (χ3v) is 3.05. The number of imide groups is 1. The predicted octanol–water partition coefficient (Wildman–Crippen LogP) is 1.17. The van der Waals surface area contributed by atoms with Crippen molar-refractivity contribution in [1.82, 2.24) is 4.90 Å². The second-order valence-corrected chi connectivity index (χ2v) is 4.39. The van der Waals surface area contributed by atoms with Gasteiger partial charge in [0.15, 0.2) is 0 Å². The number of hydrogen-bond donors (Lipinski definition) is 0. The van der Waals surface area contributed by atoms with Crippen molar-refractivity contribution in [3.63, 3.8) is 0 Å². The van der Waals surface area contributed by atoms with E-state index in [1.807, 2.05) is 36.4 Å². The Morgan fingerprint density at radius 2 is 1.74 bits per heavy atom. The van der Waals surface area contributed by atoms with Gasteiger partial charge < -0.3 is 4.90 Å². The molecular formula is C14H15N3O2. The number of benzene rings is 1. The lowest BCUT2D eigenvalue weighted by Crippen LogP contribution is -2.54. The SMILES string of the molecule is N#CCCCN1C(=O)CN(c2ccccc2)CC1=O. The summed E-state index contributed by atoms with van der Waals surface area (Å²) in [6, 6.07) is 11.4. The maximum Gasteiger partial charge on any atom is 0.248 e. The summed E-state index contributed by atoms with van der Waals surface area (Å²) >= 11 is 0. The van der Waals surface area contributed by atoms with Gasteiger partial charge >= 0.3 is 0 Å². The molecular weight excluding hydrogens is 242 g/mol. The van der Waals surface area contributed by atoms with Crippen LogP contribution in [0.15, 0.2) is 30.3 Å². The highest BCUT2D eigenvalue weighted by atomic mass is 16.2. The molecule has 0 radical (unpaired) electrons. The maximum absolute atomic E-state index is 12.0. The molecule has 1 saturated heterocycles. The Kier molecular flexibility index (Phi) is 4.14. The number of unbranched alkanes of at least 4 members (excludes halogenated alkanes) is 1. The number of nitriles is 1. The molecule has 0 aromatic heterocycles. The van der Waals surface area contributed by atoms with Gasteiger partial charge in [-0.15, -0.1) is 0 Å². The van der Waals surface area contributed by atoms with Crippen molar-refractivity contribution in [2.24, 2.45) is 0 Å². The third kappa shape index (κ3) is 3.10. The highest BCUT2D eigenvalue weighted by Crippen LogP contribution is 2.17. The summed E-state index contributed by atoms with van der Waals surface area (Å²) in [5.41, 5.74) is 0.876. The number of carbonyl (C=O) groups is 2. The van der Waals surface area contributed by atoms with Gasteiger partial charge in [0.1, 0.15) is 0 Å². The molecule has 1 aliphatic rings. The van der Waals surface area contributed by atoms with Crippen LogP contribution in [0.4, 0.5) is 5.69 Å². The molecule has 5 nitrogen and oxygen atoms in total. The van der Waals surface area contributed by atoms with Crippen molar-refractivity contribution in [3.05, 3.63) is 30.3 Å². The van der Waals surface area contributed by atoms with Gasteiger partial charge in [-0.25, -0.2) is 0 Å². The molecule has 0 atom stereocenters. The largest absolute Gasteiger partial charge is 0.353 e. The van der Waals surface area contributed by atoms with Crippen LogP contribution in [-0.2, 0) is 9.59 Å². The fraction of sp³-hybridized carbons (Fsp3) is 0.357. The minimum Gasteiger partial charge on any atom is -0.353 e. The molecule has 0 bridgehead atoms. The van der Waals surface area contributed by atoms with E-state index in [1.54, 1.807) is 4.90 Å². The van der Waals surface area contributed by atoms with Crippen LogP contribution in [-0.4, -0.2) is 36.3 Å². The summed E-state index contributed by atoms with van der Waals surface area (Å²) < 4.78 is 0. The number of amides is 2. The summed E-state index contributed by atoms with van der Waals surface area (Å²) in [7, 11) is 0. The molecule has 1 aromatic rings. The van der Waals surface area contributed by atoms with Crippen molar-refractivity contribution in [2.45, 2.75) is 12.8 Å². The summed E-state index contributed by atoms with van der Waals surface area (Å²) in [6.45, 7) is 0.762. The van der Waals surface area contributed by atoms with Crippen molar-refractivity contribution >= 4 is 17.5 Å². The Hall–Kier alpha value is -2.35. The molecule has 0 N–H and O–H groups in total. The summed E-state index contributed by atoms with van der Waals surface area (Å²) in [5, 5.41) is 8.47. The van der Waals surface area contributed by atoms with Gasteiger partial charge in [-0.05, 0) is 18.6 Å². The molecule has 98 valence electrons. The fourth-order valence-corrected chi connectivity index (χ4v) is 2.08. The molecule has 19 heavy (non-hydrogen) atoms. The topological polar surface area (TPSA) is 64.4 Å². The molecule has 0 unspecified atom stereocenters. The van der Waals surface area contributed by atoms with E-state index in [9.17, 15) is 9.59 Å². The number of piperazine rings is 1. The van der Waals surface area contributed by atoms with Crippen LogP contribution in [0.3, 0.4) is 0 Å². The molecule has 2 rings (SSSR count). The van der Waals surface area contributed by atoms with Crippen molar-refractivity contribution < 1.29 is 9.59 Å². The van der Waals surface area contributed by atoms with Crippen LogP contribution in [0.2, 0.25) is 0 Å². The van der Waals surface area contributed by atoms with Crippen LogP contribution >= 0.6 is 0 Å². The van der Waals surface area contributed by atoms with E-state index < -0.39 is 0 Å². The Morgan fingerprint density at radius 3 is 2.32 bits per heavy atom. The first-order valence-corrected chi connectivity index (χ1v) is 6.22. The van der Waals surface area contributed by atoms with Crippen LogP contribution in [0, 0.1) is 11.3 Å².